The first kappa shape index (κ1) is 11.8. The molecule has 0 unspecified atom stereocenters. The minimum atomic E-state index is 0.256. The van der Waals surface area contributed by atoms with Crippen molar-refractivity contribution in [3.8, 4) is 0 Å². The van der Waals surface area contributed by atoms with E-state index in [-0.39, 0.29) is 6.61 Å². The third-order valence-corrected chi connectivity index (χ3v) is 4.29. The lowest BCUT2D eigenvalue weighted by Crippen LogP contribution is -2.34. The Morgan fingerprint density at radius 1 is 1.56 bits per heavy atom. The molecule has 0 saturated carbocycles. The maximum Gasteiger partial charge on any atom is 0.187 e. The van der Waals surface area contributed by atoms with Crippen LogP contribution in [0.2, 0.25) is 5.15 Å². The third kappa shape index (κ3) is 2.36. The van der Waals surface area contributed by atoms with Crippen molar-refractivity contribution in [2.75, 3.05) is 24.6 Å². The molecule has 0 spiro atoms. The molecule has 1 saturated heterocycles. The summed E-state index contributed by atoms with van der Waals surface area (Å²) in [6, 6.07) is 0. The second kappa shape index (κ2) is 5.12. The summed E-state index contributed by atoms with van der Waals surface area (Å²) in [5.74, 6) is 0.400. The summed E-state index contributed by atoms with van der Waals surface area (Å²) < 4.78 is 0. The minimum absolute atomic E-state index is 0.256. The van der Waals surface area contributed by atoms with Crippen LogP contribution in [0, 0.1) is 5.92 Å². The predicted molar refractivity (Wildman–Crippen MR) is 64.5 cm³/mol. The van der Waals surface area contributed by atoms with Gasteiger partial charge in [0.2, 0.25) is 0 Å². The lowest BCUT2D eigenvalue weighted by Gasteiger charge is -2.30. The van der Waals surface area contributed by atoms with Gasteiger partial charge >= 0.3 is 0 Å². The van der Waals surface area contributed by atoms with E-state index in [0.29, 0.717) is 15.9 Å². The number of hydrogen-bond donors (Lipinski definition) is 1. The van der Waals surface area contributed by atoms with Crippen LogP contribution in [0.1, 0.15) is 22.5 Å². The number of rotatable bonds is 3. The van der Waals surface area contributed by atoms with E-state index in [0.717, 1.165) is 37.3 Å². The van der Waals surface area contributed by atoms with E-state index in [1.807, 2.05) is 0 Å². The Balaban J connectivity index is 2.05. The Kier molecular flexibility index (Phi) is 3.78. The van der Waals surface area contributed by atoms with E-state index >= 15 is 0 Å². The van der Waals surface area contributed by atoms with E-state index in [1.165, 1.54) is 11.3 Å². The molecule has 2 heterocycles. The largest absolute Gasteiger partial charge is 0.396 e. The molecular weight excluding hydrogens is 248 g/mol. The summed E-state index contributed by atoms with van der Waals surface area (Å²) in [6.45, 7) is 1.99. The van der Waals surface area contributed by atoms with Crippen molar-refractivity contribution in [3.63, 3.8) is 0 Å². The van der Waals surface area contributed by atoms with Crippen LogP contribution in [0.25, 0.3) is 0 Å². The zero-order valence-corrected chi connectivity index (χ0v) is 10.3. The Hall–Kier alpha value is -0.650. The van der Waals surface area contributed by atoms with E-state index in [9.17, 15) is 4.79 Å². The molecule has 88 valence electrons. The number of nitrogens with zero attached hydrogens (tertiary/aromatic N) is 2. The number of aromatic nitrogens is 1. The highest BCUT2D eigenvalue weighted by Gasteiger charge is 2.21. The van der Waals surface area contributed by atoms with Crippen LogP contribution in [0.15, 0.2) is 0 Å². The van der Waals surface area contributed by atoms with Crippen LogP contribution in [0.5, 0.6) is 0 Å². The van der Waals surface area contributed by atoms with Crippen molar-refractivity contribution in [1.29, 1.82) is 0 Å². The summed E-state index contributed by atoms with van der Waals surface area (Å²) in [5.41, 5.74) is 0. The number of carbonyl (C=O) groups is 1. The van der Waals surface area contributed by atoms with Crippen molar-refractivity contribution in [2.45, 2.75) is 12.8 Å². The highest BCUT2D eigenvalue weighted by Crippen LogP contribution is 2.30. The molecule has 0 amide bonds. The summed E-state index contributed by atoms with van der Waals surface area (Å²) >= 11 is 7.15. The Morgan fingerprint density at radius 2 is 2.25 bits per heavy atom. The second-order valence-corrected chi connectivity index (χ2v) is 5.25. The van der Waals surface area contributed by atoms with Gasteiger partial charge in [0, 0.05) is 19.7 Å². The summed E-state index contributed by atoms with van der Waals surface area (Å²) in [6.07, 6.45) is 2.66. The molecule has 4 nitrogen and oxygen atoms in total. The molecular formula is C10H13ClN2O2S. The first-order chi connectivity index (χ1) is 7.74. The van der Waals surface area contributed by atoms with Gasteiger partial charge in [0.15, 0.2) is 16.6 Å². The van der Waals surface area contributed by atoms with Gasteiger partial charge in [-0.1, -0.05) is 22.9 Å². The maximum absolute atomic E-state index is 10.7. The normalized spacial score (nSPS) is 17.8. The molecule has 0 bridgehead atoms. The first-order valence-corrected chi connectivity index (χ1v) is 6.41. The second-order valence-electron chi connectivity index (χ2n) is 3.88. The number of piperidine rings is 1. The van der Waals surface area contributed by atoms with Crippen LogP contribution < -0.4 is 4.90 Å². The van der Waals surface area contributed by atoms with E-state index in [1.54, 1.807) is 0 Å². The van der Waals surface area contributed by atoms with Gasteiger partial charge in [-0.15, -0.1) is 0 Å². The predicted octanol–water partition coefficient (Wildman–Crippen LogP) is 1.82. The van der Waals surface area contributed by atoms with Gasteiger partial charge in [0.25, 0.3) is 0 Å². The van der Waals surface area contributed by atoms with Crippen LogP contribution in [-0.2, 0) is 0 Å². The van der Waals surface area contributed by atoms with E-state index in [2.05, 4.69) is 9.88 Å². The quantitative estimate of drug-likeness (QED) is 0.843. The average molecular weight is 261 g/mol. The molecule has 1 fully saturated rings. The monoisotopic (exact) mass is 260 g/mol. The fourth-order valence-electron chi connectivity index (χ4n) is 1.82. The summed E-state index contributed by atoms with van der Waals surface area (Å²) in [5, 5.41) is 10.1. The van der Waals surface area contributed by atoms with Crippen molar-refractivity contribution in [3.05, 3.63) is 10.0 Å². The lowest BCUT2D eigenvalue weighted by atomic mass is 9.98. The smallest absolute Gasteiger partial charge is 0.187 e. The molecule has 2 rings (SSSR count). The molecule has 1 aliphatic heterocycles. The molecule has 0 atom stereocenters. The van der Waals surface area contributed by atoms with Crippen LogP contribution >= 0.6 is 22.9 Å². The van der Waals surface area contributed by atoms with Gasteiger partial charge in [-0.2, -0.15) is 0 Å². The Morgan fingerprint density at radius 3 is 2.75 bits per heavy atom. The van der Waals surface area contributed by atoms with Gasteiger partial charge in [0.1, 0.15) is 4.88 Å². The standard InChI is InChI=1S/C10H13ClN2O2S/c11-9-8(6-15)16-10(12-9)13-3-1-7(5-14)2-4-13/h6-7,14H,1-5H2. The molecule has 1 aliphatic rings. The van der Waals surface area contributed by atoms with Gasteiger partial charge < -0.3 is 10.0 Å². The molecule has 0 radical (unpaired) electrons. The first-order valence-electron chi connectivity index (χ1n) is 5.22. The number of carbonyl (C=O) groups excluding carboxylic acids is 1. The van der Waals surface area contributed by atoms with Crippen LogP contribution in [0.3, 0.4) is 0 Å². The minimum Gasteiger partial charge on any atom is -0.396 e. The maximum atomic E-state index is 10.7. The van der Waals surface area contributed by atoms with Gasteiger partial charge in [-0.05, 0) is 18.8 Å². The number of anilines is 1. The molecule has 1 N–H and O–H groups in total. The average Bonchev–Trinajstić information content (AvgIpc) is 2.71. The number of aldehydes is 1. The molecule has 0 aromatic carbocycles. The summed E-state index contributed by atoms with van der Waals surface area (Å²) in [7, 11) is 0. The number of aliphatic hydroxyl groups is 1. The van der Waals surface area contributed by atoms with Crippen LogP contribution in [-0.4, -0.2) is 36.1 Å². The zero-order chi connectivity index (χ0) is 11.5. The van der Waals surface area contributed by atoms with Crippen molar-refractivity contribution < 1.29 is 9.90 Å². The zero-order valence-electron chi connectivity index (χ0n) is 8.73. The molecule has 6 heteroatoms. The molecule has 0 aliphatic carbocycles. The topological polar surface area (TPSA) is 53.4 Å². The van der Waals surface area contributed by atoms with Crippen molar-refractivity contribution in [1.82, 2.24) is 4.98 Å². The molecule has 16 heavy (non-hydrogen) atoms. The Bertz CT molecular complexity index is 375. The fourth-order valence-corrected chi connectivity index (χ4v) is 2.93. The number of thiazole rings is 1. The number of hydrogen-bond acceptors (Lipinski definition) is 5. The third-order valence-electron chi connectivity index (χ3n) is 2.85. The van der Waals surface area contributed by atoms with E-state index < -0.39 is 0 Å². The summed E-state index contributed by atoms with van der Waals surface area (Å²) in [4.78, 5) is 17.4. The van der Waals surface area contributed by atoms with Crippen molar-refractivity contribution in [2.24, 2.45) is 5.92 Å². The van der Waals surface area contributed by atoms with E-state index in [4.69, 9.17) is 16.7 Å². The number of halogens is 1. The van der Waals surface area contributed by atoms with Crippen molar-refractivity contribution >= 4 is 34.4 Å². The Labute approximate surface area is 103 Å². The highest BCUT2D eigenvalue weighted by molar-refractivity contribution is 7.17. The number of aliphatic hydroxyl groups excluding tert-OH is 1. The highest BCUT2D eigenvalue weighted by atomic mass is 35.5. The SMILES string of the molecule is O=Cc1sc(N2CCC(CO)CC2)nc1Cl. The van der Waals surface area contributed by atoms with Gasteiger partial charge in [-0.25, -0.2) is 4.98 Å². The van der Waals surface area contributed by atoms with Gasteiger partial charge in [-0.3, -0.25) is 4.79 Å². The fraction of sp³-hybridized carbons (Fsp3) is 0.600. The molecule has 1 aromatic rings. The lowest BCUT2D eigenvalue weighted by molar-refractivity contribution is 0.112. The van der Waals surface area contributed by atoms with Gasteiger partial charge in [0.05, 0.1) is 0 Å². The molecule has 1 aromatic heterocycles. The van der Waals surface area contributed by atoms with Crippen LogP contribution in [0.4, 0.5) is 5.13 Å².